The summed E-state index contributed by atoms with van der Waals surface area (Å²) >= 11 is 0. The molecule has 0 amide bonds. The highest BCUT2D eigenvalue weighted by atomic mass is 14.9. The molecule has 0 radical (unpaired) electrons. The molecule has 0 aromatic rings. The summed E-state index contributed by atoms with van der Waals surface area (Å²) in [6.45, 7) is 10.6. The summed E-state index contributed by atoms with van der Waals surface area (Å²) in [7, 11) is 0. The van der Waals surface area contributed by atoms with Crippen molar-refractivity contribution in [2.24, 2.45) is 17.8 Å². The Hall–Kier alpha value is -0.0400. The molecule has 0 bridgehead atoms. The summed E-state index contributed by atoms with van der Waals surface area (Å²) in [6.07, 6.45) is 7.04. The van der Waals surface area contributed by atoms with Crippen molar-refractivity contribution in [1.82, 2.24) is 5.32 Å². The van der Waals surface area contributed by atoms with E-state index in [9.17, 15) is 0 Å². The Bertz CT molecular complexity index is 157. The third kappa shape index (κ3) is 4.14. The van der Waals surface area contributed by atoms with Crippen LogP contribution >= 0.6 is 0 Å². The minimum absolute atomic E-state index is 0.762. The normalized spacial score (nSPS) is 29.4. The first-order valence-electron chi connectivity index (χ1n) is 6.88. The van der Waals surface area contributed by atoms with Gasteiger partial charge in [0.15, 0.2) is 0 Å². The summed E-state index contributed by atoms with van der Waals surface area (Å²) in [5.74, 6) is 2.70. The van der Waals surface area contributed by atoms with E-state index in [1.807, 2.05) is 0 Å². The van der Waals surface area contributed by atoms with Gasteiger partial charge in [-0.3, -0.25) is 0 Å². The molecule has 0 aromatic carbocycles. The Kier molecular flexibility index (Phi) is 5.66. The molecule has 1 nitrogen and oxygen atoms in total. The predicted octanol–water partition coefficient (Wildman–Crippen LogP) is 3.84. The number of rotatable bonds is 5. The Labute approximate surface area is 96.0 Å². The van der Waals surface area contributed by atoms with Crippen LogP contribution in [0.15, 0.2) is 0 Å². The largest absolute Gasteiger partial charge is 0.313 e. The second-order valence-electron chi connectivity index (χ2n) is 5.74. The average molecular weight is 211 g/mol. The van der Waals surface area contributed by atoms with Gasteiger partial charge in [-0.15, -0.1) is 0 Å². The summed E-state index contributed by atoms with van der Waals surface area (Å²) in [5, 5.41) is 3.75. The molecule has 1 unspecified atom stereocenters. The number of hydrogen-bond donors (Lipinski definition) is 1. The molecule has 0 saturated heterocycles. The zero-order valence-corrected chi connectivity index (χ0v) is 11.1. The van der Waals surface area contributed by atoms with Crippen molar-refractivity contribution in [3.63, 3.8) is 0 Å². The highest BCUT2D eigenvalue weighted by Gasteiger charge is 2.27. The highest BCUT2D eigenvalue weighted by Crippen LogP contribution is 2.32. The van der Waals surface area contributed by atoms with Crippen LogP contribution < -0.4 is 5.32 Å². The molecule has 0 aromatic heterocycles. The Morgan fingerprint density at radius 3 is 2.20 bits per heavy atom. The Morgan fingerprint density at radius 1 is 1.13 bits per heavy atom. The fraction of sp³-hybridized carbons (Fsp3) is 1.00. The van der Waals surface area contributed by atoms with Crippen LogP contribution in [0.3, 0.4) is 0 Å². The average Bonchev–Trinajstić information content (AvgIpc) is 2.21. The number of nitrogens with one attached hydrogen (secondary N) is 1. The first-order valence-corrected chi connectivity index (χ1v) is 6.88. The third-order valence-corrected chi connectivity index (χ3v) is 3.92. The van der Waals surface area contributed by atoms with Gasteiger partial charge < -0.3 is 5.32 Å². The van der Waals surface area contributed by atoms with E-state index in [0.717, 1.165) is 23.8 Å². The molecule has 90 valence electrons. The zero-order valence-electron chi connectivity index (χ0n) is 11.1. The molecule has 15 heavy (non-hydrogen) atoms. The molecule has 1 fully saturated rings. The van der Waals surface area contributed by atoms with Crippen molar-refractivity contribution >= 4 is 0 Å². The Morgan fingerprint density at radius 2 is 1.73 bits per heavy atom. The molecule has 0 heterocycles. The summed E-state index contributed by atoms with van der Waals surface area (Å²) < 4.78 is 0. The molecule has 1 atom stereocenters. The molecular formula is C14H29N. The molecule has 1 rings (SSSR count). The van der Waals surface area contributed by atoms with E-state index in [1.165, 1.54) is 38.6 Å². The standard InChI is InChI=1S/C14H29N/c1-5-10-15-14(11(2)3)13-8-6-12(4)7-9-13/h11-15H,5-10H2,1-4H3. The maximum absolute atomic E-state index is 3.75. The molecule has 1 aliphatic carbocycles. The van der Waals surface area contributed by atoms with Crippen molar-refractivity contribution < 1.29 is 0 Å². The SMILES string of the molecule is CCCNC(C(C)C)C1CCC(C)CC1. The van der Waals surface area contributed by atoms with Gasteiger partial charge in [0, 0.05) is 6.04 Å². The van der Waals surface area contributed by atoms with Gasteiger partial charge in [0.25, 0.3) is 0 Å². The van der Waals surface area contributed by atoms with Crippen LogP contribution in [0.5, 0.6) is 0 Å². The van der Waals surface area contributed by atoms with Gasteiger partial charge in [0.2, 0.25) is 0 Å². The Balaban J connectivity index is 2.41. The van der Waals surface area contributed by atoms with E-state index < -0.39 is 0 Å². The fourth-order valence-electron chi connectivity index (χ4n) is 2.90. The van der Waals surface area contributed by atoms with Crippen LogP contribution in [0, 0.1) is 17.8 Å². The second kappa shape index (κ2) is 6.52. The molecule has 1 saturated carbocycles. The van der Waals surface area contributed by atoms with E-state index in [4.69, 9.17) is 0 Å². The summed E-state index contributed by atoms with van der Waals surface area (Å²) in [6, 6.07) is 0.762. The molecule has 1 N–H and O–H groups in total. The van der Waals surface area contributed by atoms with Crippen LogP contribution in [-0.2, 0) is 0 Å². The first kappa shape index (κ1) is 13.0. The lowest BCUT2D eigenvalue weighted by molar-refractivity contribution is 0.196. The third-order valence-electron chi connectivity index (χ3n) is 3.92. The lowest BCUT2D eigenvalue weighted by Crippen LogP contribution is -2.42. The van der Waals surface area contributed by atoms with Gasteiger partial charge >= 0.3 is 0 Å². The van der Waals surface area contributed by atoms with Gasteiger partial charge in [0.1, 0.15) is 0 Å². The summed E-state index contributed by atoms with van der Waals surface area (Å²) in [4.78, 5) is 0. The number of hydrogen-bond acceptors (Lipinski definition) is 1. The molecule has 1 aliphatic rings. The zero-order chi connectivity index (χ0) is 11.3. The molecular weight excluding hydrogens is 182 g/mol. The van der Waals surface area contributed by atoms with Crippen LogP contribution in [0.1, 0.15) is 59.8 Å². The van der Waals surface area contributed by atoms with Crippen LogP contribution in [-0.4, -0.2) is 12.6 Å². The van der Waals surface area contributed by atoms with Crippen LogP contribution in [0.25, 0.3) is 0 Å². The van der Waals surface area contributed by atoms with Crippen molar-refractivity contribution in [3.8, 4) is 0 Å². The lowest BCUT2D eigenvalue weighted by atomic mass is 9.76. The minimum Gasteiger partial charge on any atom is -0.313 e. The fourth-order valence-corrected chi connectivity index (χ4v) is 2.90. The van der Waals surface area contributed by atoms with Crippen molar-refractivity contribution in [3.05, 3.63) is 0 Å². The quantitative estimate of drug-likeness (QED) is 0.728. The van der Waals surface area contributed by atoms with Crippen LogP contribution in [0.2, 0.25) is 0 Å². The highest BCUT2D eigenvalue weighted by molar-refractivity contribution is 4.82. The maximum atomic E-state index is 3.75. The molecule has 0 spiro atoms. The van der Waals surface area contributed by atoms with Gasteiger partial charge in [-0.1, -0.05) is 40.5 Å². The van der Waals surface area contributed by atoms with Crippen molar-refractivity contribution in [2.75, 3.05) is 6.54 Å². The van der Waals surface area contributed by atoms with E-state index in [-0.39, 0.29) is 0 Å². The maximum Gasteiger partial charge on any atom is 0.0118 e. The second-order valence-corrected chi connectivity index (χ2v) is 5.74. The summed E-state index contributed by atoms with van der Waals surface area (Å²) in [5.41, 5.74) is 0. The van der Waals surface area contributed by atoms with Crippen LogP contribution in [0.4, 0.5) is 0 Å². The van der Waals surface area contributed by atoms with Gasteiger partial charge in [-0.2, -0.15) is 0 Å². The van der Waals surface area contributed by atoms with E-state index in [2.05, 4.69) is 33.0 Å². The van der Waals surface area contributed by atoms with E-state index in [0.29, 0.717) is 0 Å². The molecule has 1 heteroatoms. The van der Waals surface area contributed by atoms with Gasteiger partial charge in [0.05, 0.1) is 0 Å². The van der Waals surface area contributed by atoms with E-state index >= 15 is 0 Å². The smallest absolute Gasteiger partial charge is 0.0118 e. The lowest BCUT2D eigenvalue weighted by Gasteiger charge is -2.35. The van der Waals surface area contributed by atoms with Gasteiger partial charge in [-0.25, -0.2) is 0 Å². The van der Waals surface area contributed by atoms with Gasteiger partial charge in [-0.05, 0) is 43.6 Å². The monoisotopic (exact) mass is 211 g/mol. The van der Waals surface area contributed by atoms with Crippen molar-refractivity contribution in [1.29, 1.82) is 0 Å². The first-order chi connectivity index (χ1) is 7.15. The molecule has 0 aliphatic heterocycles. The minimum atomic E-state index is 0.762. The predicted molar refractivity (Wildman–Crippen MR) is 68.0 cm³/mol. The van der Waals surface area contributed by atoms with Crippen molar-refractivity contribution in [2.45, 2.75) is 65.8 Å². The topological polar surface area (TPSA) is 12.0 Å². The van der Waals surface area contributed by atoms with E-state index in [1.54, 1.807) is 0 Å².